The van der Waals surface area contributed by atoms with Crippen molar-refractivity contribution in [2.45, 2.75) is 19.8 Å². The van der Waals surface area contributed by atoms with Crippen LogP contribution in [0.1, 0.15) is 29.4 Å². The van der Waals surface area contributed by atoms with Crippen LogP contribution in [0.15, 0.2) is 52.1 Å². The lowest BCUT2D eigenvalue weighted by atomic mass is 10.1. The lowest BCUT2D eigenvalue weighted by molar-refractivity contribution is 0.0728. The molecule has 116 valence electrons. The summed E-state index contributed by atoms with van der Waals surface area (Å²) >= 11 is 0. The second kappa shape index (κ2) is 6.39. The zero-order chi connectivity index (χ0) is 16.2. The summed E-state index contributed by atoms with van der Waals surface area (Å²) in [5.41, 5.74) is 1.00. The average Bonchev–Trinajstić information content (AvgIpc) is 2.55. The van der Waals surface area contributed by atoms with E-state index in [4.69, 9.17) is 9.15 Å². The molecule has 6 heteroatoms. The summed E-state index contributed by atoms with van der Waals surface area (Å²) in [6.07, 6.45) is 5.90. The monoisotopic (exact) mass is 310 g/mol. The summed E-state index contributed by atoms with van der Waals surface area (Å²) in [6, 6.07) is 6.47. The van der Waals surface area contributed by atoms with Gasteiger partial charge in [0.05, 0.1) is 6.20 Å². The molecule has 6 nitrogen and oxygen atoms in total. The van der Waals surface area contributed by atoms with Crippen molar-refractivity contribution in [1.29, 1.82) is 0 Å². The summed E-state index contributed by atoms with van der Waals surface area (Å²) < 4.78 is 10.4. The molecule has 0 aliphatic carbocycles. The van der Waals surface area contributed by atoms with Crippen LogP contribution in [0.25, 0.3) is 11.0 Å². The summed E-state index contributed by atoms with van der Waals surface area (Å²) in [6.45, 7) is 2.04. The number of hydrogen-bond donors (Lipinski definition) is 0. The third-order valence-corrected chi connectivity index (χ3v) is 3.30. The number of aromatic nitrogens is 2. The highest BCUT2D eigenvalue weighted by atomic mass is 16.5. The lowest BCUT2D eigenvalue weighted by Gasteiger charge is -2.07. The molecule has 0 fully saturated rings. The largest absolute Gasteiger partial charge is 0.423 e. The molecule has 2 heterocycles. The van der Waals surface area contributed by atoms with Gasteiger partial charge in [-0.2, -0.15) is 0 Å². The van der Waals surface area contributed by atoms with E-state index in [1.165, 1.54) is 30.7 Å². The van der Waals surface area contributed by atoms with Crippen molar-refractivity contribution in [3.8, 4) is 5.75 Å². The molecule has 0 unspecified atom stereocenters. The molecule has 0 aliphatic heterocycles. The number of hydrogen-bond acceptors (Lipinski definition) is 6. The Morgan fingerprint density at radius 2 is 2.13 bits per heavy atom. The molecule has 0 radical (unpaired) electrons. The number of carbonyl (C=O) groups is 1. The molecule has 3 rings (SSSR count). The number of carbonyl (C=O) groups excluding carboxylic acids is 1. The number of ether oxygens (including phenoxy) is 1. The van der Waals surface area contributed by atoms with Gasteiger partial charge in [-0.3, -0.25) is 4.98 Å². The van der Waals surface area contributed by atoms with Crippen molar-refractivity contribution in [3.05, 3.63) is 64.5 Å². The maximum atomic E-state index is 12.0. The minimum atomic E-state index is -0.621. The number of nitrogens with zero attached hydrogens (tertiary/aromatic N) is 2. The van der Waals surface area contributed by atoms with E-state index in [9.17, 15) is 9.59 Å². The van der Waals surface area contributed by atoms with E-state index in [-0.39, 0.29) is 11.4 Å². The molecule has 1 aromatic carbocycles. The van der Waals surface area contributed by atoms with E-state index in [2.05, 4.69) is 9.97 Å². The summed E-state index contributed by atoms with van der Waals surface area (Å²) in [5, 5.41) is 0.839. The van der Waals surface area contributed by atoms with Gasteiger partial charge in [0.1, 0.15) is 11.3 Å². The van der Waals surface area contributed by atoms with Crippen LogP contribution in [0.4, 0.5) is 0 Å². The quantitative estimate of drug-likeness (QED) is 0.418. The van der Waals surface area contributed by atoms with Crippen molar-refractivity contribution >= 4 is 16.9 Å². The van der Waals surface area contributed by atoms with Gasteiger partial charge in [-0.1, -0.05) is 13.3 Å². The van der Waals surface area contributed by atoms with Crippen LogP contribution in [0.3, 0.4) is 0 Å². The smallest absolute Gasteiger partial charge is 0.363 e. The molecule has 0 saturated heterocycles. The van der Waals surface area contributed by atoms with E-state index in [0.717, 1.165) is 23.8 Å². The van der Waals surface area contributed by atoms with E-state index in [0.29, 0.717) is 5.58 Å². The minimum Gasteiger partial charge on any atom is -0.423 e. The van der Waals surface area contributed by atoms with Gasteiger partial charge in [-0.05, 0) is 24.1 Å². The van der Waals surface area contributed by atoms with E-state index in [1.54, 1.807) is 12.1 Å². The van der Waals surface area contributed by atoms with Crippen molar-refractivity contribution in [3.63, 3.8) is 0 Å². The molecule has 0 bridgehead atoms. The lowest BCUT2D eigenvalue weighted by Crippen LogP contribution is -2.10. The van der Waals surface area contributed by atoms with Gasteiger partial charge >= 0.3 is 11.6 Å². The van der Waals surface area contributed by atoms with Crippen LogP contribution >= 0.6 is 0 Å². The highest BCUT2D eigenvalue weighted by Gasteiger charge is 2.12. The topological polar surface area (TPSA) is 82.3 Å². The Bertz CT molecular complexity index is 903. The van der Waals surface area contributed by atoms with Crippen LogP contribution in [0.2, 0.25) is 0 Å². The average molecular weight is 310 g/mol. The number of esters is 1. The Balaban J connectivity index is 1.94. The first kappa shape index (κ1) is 14.9. The molecule has 0 aliphatic rings. The maximum absolute atomic E-state index is 12.0. The molecule has 0 N–H and O–H groups in total. The predicted octanol–water partition coefficient (Wildman–Crippen LogP) is 2.75. The first-order chi connectivity index (χ1) is 11.2. The van der Waals surface area contributed by atoms with Crippen molar-refractivity contribution < 1.29 is 13.9 Å². The fraction of sp³-hybridized carbons (Fsp3) is 0.176. The van der Waals surface area contributed by atoms with Gasteiger partial charge in [0.2, 0.25) is 0 Å². The van der Waals surface area contributed by atoms with Crippen LogP contribution in [-0.4, -0.2) is 15.9 Å². The van der Waals surface area contributed by atoms with Crippen molar-refractivity contribution in [2.75, 3.05) is 0 Å². The minimum absolute atomic E-state index is 0.105. The molecular weight excluding hydrogens is 296 g/mol. The summed E-state index contributed by atoms with van der Waals surface area (Å²) in [4.78, 5) is 31.3. The highest BCUT2D eigenvalue weighted by Crippen LogP contribution is 2.24. The molecule has 0 saturated carbocycles. The molecule has 2 aromatic heterocycles. The molecule has 0 spiro atoms. The van der Waals surface area contributed by atoms with Crippen molar-refractivity contribution in [1.82, 2.24) is 9.97 Å². The summed E-state index contributed by atoms with van der Waals surface area (Å²) in [5.74, 6) is -0.338. The Labute approximate surface area is 131 Å². The number of benzene rings is 1. The fourth-order valence-corrected chi connectivity index (χ4v) is 2.31. The molecule has 3 aromatic rings. The molecule has 0 amide bonds. The van der Waals surface area contributed by atoms with Gasteiger partial charge < -0.3 is 9.15 Å². The van der Waals surface area contributed by atoms with Gasteiger partial charge in [-0.15, -0.1) is 0 Å². The Morgan fingerprint density at radius 1 is 1.26 bits per heavy atom. The fourth-order valence-electron chi connectivity index (χ4n) is 2.31. The van der Waals surface area contributed by atoms with Gasteiger partial charge in [0.25, 0.3) is 0 Å². The third-order valence-electron chi connectivity index (χ3n) is 3.30. The predicted molar refractivity (Wildman–Crippen MR) is 83.5 cm³/mol. The van der Waals surface area contributed by atoms with Crippen LogP contribution in [-0.2, 0) is 6.42 Å². The first-order valence-electron chi connectivity index (χ1n) is 7.22. The Kier molecular flexibility index (Phi) is 4.14. The highest BCUT2D eigenvalue weighted by molar-refractivity contribution is 5.89. The van der Waals surface area contributed by atoms with E-state index in [1.807, 2.05) is 6.92 Å². The first-order valence-corrected chi connectivity index (χ1v) is 7.22. The van der Waals surface area contributed by atoms with E-state index < -0.39 is 11.6 Å². The summed E-state index contributed by atoms with van der Waals surface area (Å²) in [7, 11) is 0. The number of fused-ring (bicyclic) bond motifs is 1. The Hall–Kier alpha value is -3.02. The molecule has 0 atom stereocenters. The zero-order valence-corrected chi connectivity index (χ0v) is 12.5. The van der Waals surface area contributed by atoms with Crippen LogP contribution < -0.4 is 10.4 Å². The molecule has 23 heavy (non-hydrogen) atoms. The number of aryl methyl sites for hydroxylation is 1. The number of rotatable bonds is 4. The normalized spacial score (nSPS) is 10.7. The SMILES string of the molecule is CCCc1cc(=O)oc2cc(OC(=O)c3cnccn3)ccc12. The van der Waals surface area contributed by atoms with Crippen molar-refractivity contribution in [2.24, 2.45) is 0 Å². The maximum Gasteiger partial charge on any atom is 0.363 e. The third kappa shape index (κ3) is 3.26. The van der Waals surface area contributed by atoms with Crippen LogP contribution in [0.5, 0.6) is 5.75 Å². The van der Waals surface area contributed by atoms with E-state index >= 15 is 0 Å². The van der Waals surface area contributed by atoms with Gasteiger partial charge in [0.15, 0.2) is 5.69 Å². The van der Waals surface area contributed by atoms with Gasteiger partial charge in [0, 0.05) is 29.9 Å². The zero-order valence-electron chi connectivity index (χ0n) is 12.5. The second-order valence-corrected chi connectivity index (χ2v) is 4.98. The second-order valence-electron chi connectivity index (χ2n) is 4.98. The van der Waals surface area contributed by atoms with Crippen LogP contribution in [0, 0.1) is 0 Å². The standard InChI is InChI=1S/C17H14N2O4/c1-2-3-11-8-16(20)23-15-9-12(4-5-13(11)15)22-17(21)14-10-18-6-7-19-14/h4-10H,2-3H2,1H3. The Morgan fingerprint density at radius 3 is 2.87 bits per heavy atom. The molecular formula is C17H14N2O4. The van der Waals surface area contributed by atoms with Gasteiger partial charge in [-0.25, -0.2) is 14.6 Å².